The van der Waals surface area contributed by atoms with Crippen molar-refractivity contribution < 1.29 is 13.2 Å². The Balaban J connectivity index is 2.29. The summed E-state index contributed by atoms with van der Waals surface area (Å²) in [7, 11) is -2.90. The van der Waals surface area contributed by atoms with Crippen molar-refractivity contribution >= 4 is 37.7 Å². The van der Waals surface area contributed by atoms with Crippen LogP contribution < -0.4 is 4.90 Å². The van der Waals surface area contributed by atoms with Crippen LogP contribution >= 0.6 is 15.9 Å². The van der Waals surface area contributed by atoms with Crippen LogP contribution in [0.15, 0.2) is 22.7 Å². The van der Waals surface area contributed by atoms with Crippen molar-refractivity contribution in [1.82, 2.24) is 0 Å². The molecular weight excluding hydrogens is 306 g/mol. The lowest BCUT2D eigenvalue weighted by atomic mass is 10.1. The molecule has 2 rings (SSSR count). The van der Waals surface area contributed by atoms with Gasteiger partial charge in [0.1, 0.15) is 0 Å². The maximum atomic E-state index is 11.3. The molecule has 1 aromatic carbocycles. The summed E-state index contributed by atoms with van der Waals surface area (Å²) in [6, 6.07) is 5.38. The van der Waals surface area contributed by atoms with E-state index in [9.17, 15) is 13.2 Å². The van der Waals surface area contributed by atoms with Crippen molar-refractivity contribution in [1.29, 1.82) is 0 Å². The molecule has 1 fully saturated rings. The predicted octanol–water partition coefficient (Wildman–Crippen LogP) is 1.50. The van der Waals surface area contributed by atoms with Crippen LogP contribution in [0.1, 0.15) is 10.4 Å². The van der Waals surface area contributed by atoms with Crippen molar-refractivity contribution in [3.63, 3.8) is 0 Å². The normalized spacial score (nSPS) is 19.0. The Morgan fingerprint density at radius 1 is 1.24 bits per heavy atom. The molecule has 0 bridgehead atoms. The molecule has 1 aliphatic heterocycles. The number of aldehydes is 1. The van der Waals surface area contributed by atoms with E-state index in [0.29, 0.717) is 18.7 Å². The first-order chi connectivity index (χ1) is 8.02. The second-order valence-corrected chi connectivity index (χ2v) is 7.18. The number of carbonyl (C=O) groups is 1. The number of anilines is 1. The lowest BCUT2D eigenvalue weighted by molar-refractivity contribution is 0.112. The molecule has 0 N–H and O–H groups in total. The van der Waals surface area contributed by atoms with Gasteiger partial charge in [-0.15, -0.1) is 0 Å². The van der Waals surface area contributed by atoms with Crippen LogP contribution in [0.4, 0.5) is 5.69 Å². The molecule has 0 atom stereocenters. The Morgan fingerprint density at radius 3 is 2.47 bits per heavy atom. The van der Waals surface area contributed by atoms with E-state index >= 15 is 0 Å². The molecule has 0 spiro atoms. The minimum Gasteiger partial charge on any atom is -0.369 e. The van der Waals surface area contributed by atoms with Crippen LogP contribution in [0.2, 0.25) is 0 Å². The number of carbonyl (C=O) groups excluding carboxylic acids is 1. The summed E-state index contributed by atoms with van der Waals surface area (Å²) >= 11 is 3.35. The highest BCUT2D eigenvalue weighted by Gasteiger charge is 2.23. The molecule has 1 aromatic rings. The largest absolute Gasteiger partial charge is 0.369 e. The van der Waals surface area contributed by atoms with Crippen LogP contribution in [0.3, 0.4) is 0 Å². The van der Waals surface area contributed by atoms with Gasteiger partial charge in [0.15, 0.2) is 16.1 Å². The van der Waals surface area contributed by atoms with Crippen LogP contribution in [-0.2, 0) is 9.84 Å². The summed E-state index contributed by atoms with van der Waals surface area (Å²) in [6.07, 6.45) is 0.797. The van der Waals surface area contributed by atoms with E-state index in [4.69, 9.17) is 0 Å². The van der Waals surface area contributed by atoms with Crippen molar-refractivity contribution in [2.45, 2.75) is 0 Å². The van der Waals surface area contributed by atoms with E-state index in [1.165, 1.54) is 0 Å². The van der Waals surface area contributed by atoms with E-state index < -0.39 is 9.84 Å². The summed E-state index contributed by atoms with van der Waals surface area (Å²) < 4.78 is 23.6. The van der Waals surface area contributed by atoms with Crippen LogP contribution in [0.25, 0.3) is 0 Å². The van der Waals surface area contributed by atoms with Gasteiger partial charge in [0.25, 0.3) is 0 Å². The average molecular weight is 318 g/mol. The summed E-state index contributed by atoms with van der Waals surface area (Å²) in [5.74, 6) is 0.301. The number of benzene rings is 1. The summed E-state index contributed by atoms with van der Waals surface area (Å²) in [6.45, 7) is 0.888. The van der Waals surface area contributed by atoms with Gasteiger partial charge >= 0.3 is 0 Å². The molecule has 0 saturated carbocycles. The van der Waals surface area contributed by atoms with Crippen molar-refractivity contribution in [2.24, 2.45) is 0 Å². The number of hydrogen-bond acceptors (Lipinski definition) is 4. The predicted molar refractivity (Wildman–Crippen MR) is 70.4 cm³/mol. The van der Waals surface area contributed by atoms with Crippen LogP contribution in [0.5, 0.6) is 0 Å². The van der Waals surface area contributed by atoms with Gasteiger partial charge in [-0.3, -0.25) is 4.79 Å². The van der Waals surface area contributed by atoms with E-state index in [0.717, 1.165) is 16.4 Å². The third kappa shape index (κ3) is 2.87. The van der Waals surface area contributed by atoms with Crippen molar-refractivity contribution in [2.75, 3.05) is 29.5 Å². The van der Waals surface area contributed by atoms with Gasteiger partial charge in [-0.1, -0.05) is 15.9 Å². The Labute approximate surface area is 109 Å². The first kappa shape index (κ1) is 12.6. The Morgan fingerprint density at radius 2 is 1.88 bits per heavy atom. The smallest absolute Gasteiger partial charge is 0.153 e. The maximum Gasteiger partial charge on any atom is 0.153 e. The topological polar surface area (TPSA) is 54.5 Å². The standard InChI is InChI=1S/C11H12BrNO3S/c12-10-2-1-9(8-14)11(7-10)13-3-5-17(15,16)6-4-13/h1-2,7-8H,3-6H2. The van der Waals surface area contributed by atoms with E-state index in [-0.39, 0.29) is 11.5 Å². The number of sulfone groups is 1. The monoisotopic (exact) mass is 317 g/mol. The van der Waals surface area contributed by atoms with E-state index in [2.05, 4.69) is 15.9 Å². The Bertz CT molecular complexity index is 528. The minimum absolute atomic E-state index is 0.151. The maximum absolute atomic E-state index is 11.3. The van der Waals surface area contributed by atoms with Gasteiger partial charge in [0, 0.05) is 28.8 Å². The van der Waals surface area contributed by atoms with E-state index in [1.807, 2.05) is 11.0 Å². The fourth-order valence-corrected chi connectivity index (χ4v) is 3.39. The fourth-order valence-electron chi connectivity index (χ4n) is 1.84. The van der Waals surface area contributed by atoms with Crippen molar-refractivity contribution in [3.8, 4) is 0 Å². The molecular formula is C11H12BrNO3S. The highest BCUT2D eigenvalue weighted by molar-refractivity contribution is 9.10. The SMILES string of the molecule is O=Cc1ccc(Br)cc1N1CCS(=O)(=O)CC1. The van der Waals surface area contributed by atoms with Gasteiger partial charge in [-0.05, 0) is 18.2 Å². The molecule has 17 heavy (non-hydrogen) atoms. The van der Waals surface area contributed by atoms with Crippen LogP contribution in [0, 0.1) is 0 Å². The van der Waals surface area contributed by atoms with Crippen molar-refractivity contribution in [3.05, 3.63) is 28.2 Å². The molecule has 0 radical (unpaired) electrons. The molecule has 0 unspecified atom stereocenters. The number of halogens is 1. The minimum atomic E-state index is -2.90. The molecule has 6 heteroatoms. The van der Waals surface area contributed by atoms with Gasteiger partial charge in [-0.2, -0.15) is 0 Å². The number of nitrogens with zero attached hydrogens (tertiary/aromatic N) is 1. The van der Waals surface area contributed by atoms with E-state index in [1.54, 1.807) is 12.1 Å². The highest BCUT2D eigenvalue weighted by atomic mass is 79.9. The van der Waals surface area contributed by atoms with Gasteiger partial charge in [0.05, 0.1) is 11.5 Å². The second-order valence-electron chi connectivity index (χ2n) is 3.96. The molecule has 0 aliphatic carbocycles. The molecule has 1 heterocycles. The lowest BCUT2D eigenvalue weighted by Crippen LogP contribution is -2.40. The fraction of sp³-hybridized carbons (Fsp3) is 0.364. The summed E-state index contributed by atoms with van der Waals surface area (Å²) in [4.78, 5) is 12.9. The van der Waals surface area contributed by atoms with Crippen LogP contribution in [-0.4, -0.2) is 39.3 Å². The molecule has 92 valence electrons. The highest BCUT2D eigenvalue weighted by Crippen LogP contribution is 2.25. The lowest BCUT2D eigenvalue weighted by Gasteiger charge is -2.29. The number of hydrogen-bond donors (Lipinski definition) is 0. The van der Waals surface area contributed by atoms with Gasteiger partial charge in [-0.25, -0.2) is 8.42 Å². The average Bonchev–Trinajstić information content (AvgIpc) is 2.29. The third-order valence-corrected chi connectivity index (χ3v) is 4.91. The Kier molecular flexibility index (Phi) is 3.53. The molecule has 1 saturated heterocycles. The van der Waals surface area contributed by atoms with Gasteiger partial charge < -0.3 is 4.90 Å². The second kappa shape index (κ2) is 4.78. The molecule has 4 nitrogen and oxygen atoms in total. The zero-order valence-corrected chi connectivity index (χ0v) is 11.5. The zero-order valence-electron chi connectivity index (χ0n) is 9.10. The summed E-state index contributed by atoms with van der Waals surface area (Å²) in [5.41, 5.74) is 1.39. The summed E-state index contributed by atoms with van der Waals surface area (Å²) in [5, 5.41) is 0. The third-order valence-electron chi connectivity index (χ3n) is 2.80. The number of rotatable bonds is 2. The molecule has 0 amide bonds. The quantitative estimate of drug-likeness (QED) is 0.776. The molecule has 0 aromatic heterocycles. The molecule has 1 aliphatic rings. The first-order valence-corrected chi connectivity index (χ1v) is 7.83. The van der Waals surface area contributed by atoms with Gasteiger partial charge in [0.2, 0.25) is 0 Å². The zero-order chi connectivity index (χ0) is 12.5. The first-order valence-electron chi connectivity index (χ1n) is 5.22. The Hall–Kier alpha value is -0.880.